The molecule has 2 rings (SSSR count). The molecule has 0 fully saturated rings. The first-order chi connectivity index (χ1) is 12.9. The zero-order chi connectivity index (χ0) is 21.1. The fraction of sp³-hybridized carbons (Fsp3) is 0.278. The molecule has 0 saturated heterocycles. The number of hydrogen-bond acceptors (Lipinski definition) is 3. The van der Waals surface area contributed by atoms with Crippen LogP contribution in [0.15, 0.2) is 48.5 Å². The predicted octanol–water partition coefficient (Wildman–Crippen LogP) is 4.54. The highest BCUT2D eigenvalue weighted by Gasteiger charge is 2.34. The molecule has 0 radical (unpaired) electrons. The average Bonchev–Trinajstić information content (AvgIpc) is 2.59. The first kappa shape index (κ1) is 22.0. The molecule has 28 heavy (non-hydrogen) atoms. The molecule has 0 aliphatic rings. The van der Waals surface area contributed by atoms with Crippen molar-refractivity contribution in [1.29, 1.82) is 0 Å². The standard InChI is InChI=1S/C18H18ClF3N2O3S/c1-3-16(24(28(2,26)27)13-7-5-4-6-8-13)17(25)23-12-9-10-15(19)14(11-12)18(20,21)22/h4-11,16H,3H2,1-2H3,(H,23,25). The Labute approximate surface area is 166 Å². The van der Waals surface area contributed by atoms with Gasteiger partial charge in [0, 0.05) is 5.69 Å². The highest BCUT2D eigenvalue weighted by atomic mass is 35.5. The van der Waals surface area contributed by atoms with E-state index in [1.165, 1.54) is 18.2 Å². The number of benzene rings is 2. The Kier molecular flexibility index (Phi) is 6.61. The van der Waals surface area contributed by atoms with Crippen LogP contribution in [0.1, 0.15) is 18.9 Å². The summed E-state index contributed by atoms with van der Waals surface area (Å²) in [5.74, 6) is -0.757. The summed E-state index contributed by atoms with van der Waals surface area (Å²) >= 11 is 5.58. The monoisotopic (exact) mass is 434 g/mol. The van der Waals surface area contributed by atoms with Gasteiger partial charge in [-0.1, -0.05) is 36.7 Å². The Bertz CT molecular complexity index is 950. The van der Waals surface area contributed by atoms with Gasteiger partial charge in [0.1, 0.15) is 6.04 Å². The molecular weight excluding hydrogens is 417 g/mol. The van der Waals surface area contributed by atoms with Crippen molar-refractivity contribution in [3.05, 3.63) is 59.1 Å². The van der Waals surface area contributed by atoms with Crippen molar-refractivity contribution in [3.8, 4) is 0 Å². The lowest BCUT2D eigenvalue weighted by molar-refractivity contribution is -0.137. The van der Waals surface area contributed by atoms with Crippen LogP contribution in [0.3, 0.4) is 0 Å². The van der Waals surface area contributed by atoms with Gasteiger partial charge in [-0.25, -0.2) is 8.42 Å². The highest BCUT2D eigenvalue weighted by Crippen LogP contribution is 2.36. The Morgan fingerprint density at radius 2 is 1.79 bits per heavy atom. The van der Waals surface area contributed by atoms with Crippen molar-refractivity contribution < 1.29 is 26.4 Å². The number of rotatable bonds is 6. The van der Waals surface area contributed by atoms with Crippen LogP contribution < -0.4 is 9.62 Å². The Hall–Kier alpha value is -2.26. The van der Waals surface area contributed by atoms with Gasteiger partial charge in [-0.3, -0.25) is 9.10 Å². The number of halogens is 4. The van der Waals surface area contributed by atoms with Gasteiger partial charge in [-0.15, -0.1) is 0 Å². The number of nitrogens with zero attached hydrogens (tertiary/aromatic N) is 1. The first-order valence-electron chi connectivity index (χ1n) is 8.17. The normalized spacial score (nSPS) is 13.1. The summed E-state index contributed by atoms with van der Waals surface area (Å²) in [5.41, 5.74) is -0.955. The molecule has 0 aliphatic carbocycles. The third-order valence-corrected chi connectivity index (χ3v) is 5.39. The molecule has 1 atom stereocenters. The minimum atomic E-state index is -4.69. The fourth-order valence-electron chi connectivity index (χ4n) is 2.68. The number of amides is 1. The second-order valence-electron chi connectivity index (χ2n) is 6.00. The van der Waals surface area contributed by atoms with E-state index in [-0.39, 0.29) is 17.8 Å². The summed E-state index contributed by atoms with van der Waals surface area (Å²) < 4.78 is 64.6. The highest BCUT2D eigenvalue weighted by molar-refractivity contribution is 7.92. The number of carbonyl (C=O) groups excluding carboxylic acids is 1. The smallest absolute Gasteiger partial charge is 0.324 e. The lowest BCUT2D eigenvalue weighted by atomic mass is 10.1. The van der Waals surface area contributed by atoms with Gasteiger partial charge in [0.25, 0.3) is 0 Å². The van der Waals surface area contributed by atoms with E-state index in [4.69, 9.17) is 11.6 Å². The largest absolute Gasteiger partial charge is 0.417 e. The Morgan fingerprint density at radius 1 is 1.18 bits per heavy atom. The molecule has 2 aromatic carbocycles. The SMILES string of the molecule is CCC(C(=O)Nc1ccc(Cl)c(C(F)(F)F)c1)N(c1ccccc1)S(C)(=O)=O. The lowest BCUT2D eigenvalue weighted by Gasteiger charge is -2.30. The Balaban J connectivity index is 2.38. The summed E-state index contributed by atoms with van der Waals surface area (Å²) in [5, 5.41) is 1.85. The maximum absolute atomic E-state index is 13.0. The van der Waals surface area contributed by atoms with Crippen molar-refractivity contribution >= 4 is 38.9 Å². The van der Waals surface area contributed by atoms with Crippen molar-refractivity contribution in [2.24, 2.45) is 0 Å². The minimum Gasteiger partial charge on any atom is -0.324 e. The summed E-state index contributed by atoms with van der Waals surface area (Å²) in [6.07, 6.45) is -3.63. The molecule has 152 valence electrons. The number of anilines is 2. The molecular formula is C18H18ClF3N2O3S. The molecule has 0 heterocycles. The molecule has 1 N–H and O–H groups in total. The third kappa shape index (κ3) is 5.17. The molecule has 1 amide bonds. The molecule has 0 spiro atoms. The summed E-state index contributed by atoms with van der Waals surface area (Å²) in [6.45, 7) is 1.61. The van der Waals surface area contributed by atoms with Gasteiger partial charge in [0.2, 0.25) is 15.9 Å². The van der Waals surface area contributed by atoms with Crippen molar-refractivity contribution in [2.75, 3.05) is 15.9 Å². The van der Waals surface area contributed by atoms with E-state index in [2.05, 4.69) is 5.32 Å². The van der Waals surface area contributed by atoms with Crippen LogP contribution in [0.2, 0.25) is 5.02 Å². The molecule has 10 heteroatoms. The van der Waals surface area contributed by atoms with E-state index in [0.29, 0.717) is 6.07 Å². The molecule has 0 saturated carbocycles. The number of para-hydroxylation sites is 1. The zero-order valence-corrected chi connectivity index (χ0v) is 16.6. The van der Waals surface area contributed by atoms with Crippen LogP contribution in [0.5, 0.6) is 0 Å². The molecule has 2 aromatic rings. The molecule has 0 aromatic heterocycles. The number of sulfonamides is 1. The van der Waals surface area contributed by atoms with Gasteiger partial charge in [0.05, 0.1) is 22.5 Å². The zero-order valence-electron chi connectivity index (χ0n) is 15.0. The second-order valence-corrected chi connectivity index (χ2v) is 8.27. The van der Waals surface area contributed by atoms with Crippen molar-refractivity contribution in [3.63, 3.8) is 0 Å². The van der Waals surface area contributed by atoms with Gasteiger partial charge in [-0.05, 0) is 36.8 Å². The van der Waals surface area contributed by atoms with Gasteiger partial charge in [0.15, 0.2) is 0 Å². The van der Waals surface area contributed by atoms with Gasteiger partial charge < -0.3 is 5.32 Å². The average molecular weight is 435 g/mol. The van der Waals surface area contributed by atoms with E-state index < -0.39 is 38.7 Å². The van der Waals surface area contributed by atoms with E-state index in [1.54, 1.807) is 25.1 Å². The molecule has 1 unspecified atom stereocenters. The van der Waals surface area contributed by atoms with Crippen LogP contribution in [0.25, 0.3) is 0 Å². The quantitative estimate of drug-likeness (QED) is 0.725. The van der Waals surface area contributed by atoms with E-state index >= 15 is 0 Å². The Morgan fingerprint density at radius 3 is 2.29 bits per heavy atom. The summed E-state index contributed by atoms with van der Waals surface area (Å²) in [6, 6.07) is 9.78. The molecule has 5 nitrogen and oxygen atoms in total. The number of carbonyl (C=O) groups is 1. The fourth-order valence-corrected chi connectivity index (χ4v) is 4.12. The summed E-state index contributed by atoms with van der Waals surface area (Å²) in [4.78, 5) is 12.7. The minimum absolute atomic E-state index is 0.105. The van der Waals surface area contributed by atoms with Crippen LogP contribution in [0, 0.1) is 0 Å². The van der Waals surface area contributed by atoms with Crippen LogP contribution in [-0.4, -0.2) is 26.6 Å². The maximum atomic E-state index is 13.0. The third-order valence-electron chi connectivity index (χ3n) is 3.88. The topological polar surface area (TPSA) is 66.5 Å². The summed E-state index contributed by atoms with van der Waals surface area (Å²) in [7, 11) is -3.83. The van der Waals surface area contributed by atoms with Crippen LogP contribution >= 0.6 is 11.6 Å². The first-order valence-corrected chi connectivity index (χ1v) is 10.4. The van der Waals surface area contributed by atoms with Crippen molar-refractivity contribution in [1.82, 2.24) is 0 Å². The number of alkyl halides is 3. The lowest BCUT2D eigenvalue weighted by Crippen LogP contribution is -2.47. The second kappa shape index (κ2) is 8.40. The maximum Gasteiger partial charge on any atom is 0.417 e. The van der Waals surface area contributed by atoms with E-state index in [9.17, 15) is 26.4 Å². The van der Waals surface area contributed by atoms with E-state index in [0.717, 1.165) is 16.6 Å². The number of hydrogen-bond donors (Lipinski definition) is 1. The van der Waals surface area contributed by atoms with Gasteiger partial charge in [-0.2, -0.15) is 13.2 Å². The van der Waals surface area contributed by atoms with Crippen molar-refractivity contribution in [2.45, 2.75) is 25.6 Å². The van der Waals surface area contributed by atoms with Crippen LogP contribution in [-0.2, 0) is 21.0 Å². The van der Waals surface area contributed by atoms with Gasteiger partial charge >= 0.3 is 6.18 Å². The molecule has 0 aliphatic heterocycles. The number of nitrogens with one attached hydrogen (secondary N) is 1. The predicted molar refractivity (Wildman–Crippen MR) is 103 cm³/mol. The van der Waals surface area contributed by atoms with E-state index in [1.807, 2.05) is 0 Å². The van der Waals surface area contributed by atoms with Crippen LogP contribution in [0.4, 0.5) is 24.5 Å². The molecule has 0 bridgehead atoms.